The van der Waals surface area contributed by atoms with Crippen LogP contribution in [0.3, 0.4) is 0 Å². The second kappa shape index (κ2) is 8.75. The third-order valence-electron chi connectivity index (χ3n) is 4.17. The van der Waals surface area contributed by atoms with Gasteiger partial charge in [-0.25, -0.2) is 9.78 Å². The summed E-state index contributed by atoms with van der Waals surface area (Å²) in [6.45, 7) is 7.29. The van der Waals surface area contributed by atoms with Gasteiger partial charge in [-0.2, -0.15) is 0 Å². The zero-order chi connectivity index (χ0) is 19.3. The Morgan fingerprint density at radius 2 is 2.08 bits per heavy atom. The van der Waals surface area contributed by atoms with Crippen molar-refractivity contribution in [3.05, 3.63) is 38.2 Å². The number of hydrogen-bond donors (Lipinski definition) is 3. The highest BCUT2D eigenvalue weighted by molar-refractivity contribution is 6.05. The summed E-state index contributed by atoms with van der Waals surface area (Å²) >= 11 is 0. The number of aromatic amines is 1. The Balaban J connectivity index is 2.64. The summed E-state index contributed by atoms with van der Waals surface area (Å²) < 4.78 is 1.42. The lowest BCUT2D eigenvalue weighted by molar-refractivity contribution is 0.0954. The van der Waals surface area contributed by atoms with E-state index < -0.39 is 11.2 Å². The van der Waals surface area contributed by atoms with Gasteiger partial charge in [-0.3, -0.25) is 19.1 Å². The zero-order valence-electron chi connectivity index (χ0n) is 15.6. The fourth-order valence-corrected chi connectivity index (χ4v) is 2.77. The molecule has 0 aliphatic rings. The van der Waals surface area contributed by atoms with Gasteiger partial charge in [-0.1, -0.05) is 20.8 Å². The van der Waals surface area contributed by atoms with Crippen molar-refractivity contribution in [2.45, 2.75) is 52.5 Å². The first-order valence-electron chi connectivity index (χ1n) is 9.06. The molecule has 0 bridgehead atoms. The molecule has 2 aromatic rings. The van der Waals surface area contributed by atoms with E-state index in [1.807, 2.05) is 20.8 Å². The van der Waals surface area contributed by atoms with Crippen LogP contribution < -0.4 is 22.3 Å². The van der Waals surface area contributed by atoms with E-state index in [-0.39, 0.29) is 28.4 Å². The number of aryl methyl sites for hydroxylation is 1. The van der Waals surface area contributed by atoms with Gasteiger partial charge in [0.1, 0.15) is 0 Å². The number of fused-ring (bicyclic) bond motifs is 1. The lowest BCUT2D eigenvalue weighted by atomic mass is 10.0. The molecule has 4 N–H and O–H groups in total. The van der Waals surface area contributed by atoms with Gasteiger partial charge in [0, 0.05) is 18.8 Å². The van der Waals surface area contributed by atoms with Crippen LogP contribution in [0, 0.1) is 0 Å². The number of hydrogen-bond acceptors (Lipinski definition) is 5. The number of amides is 1. The number of pyridine rings is 1. The molecule has 8 nitrogen and oxygen atoms in total. The topological polar surface area (TPSA) is 123 Å². The summed E-state index contributed by atoms with van der Waals surface area (Å²) in [5, 5.41) is 2.97. The molecular formula is C18H27N5O3. The second-order valence-electron chi connectivity index (χ2n) is 6.61. The van der Waals surface area contributed by atoms with Crippen molar-refractivity contribution in [3.8, 4) is 0 Å². The Hall–Kier alpha value is -2.48. The van der Waals surface area contributed by atoms with E-state index in [2.05, 4.69) is 15.3 Å². The largest absolute Gasteiger partial charge is 0.352 e. The van der Waals surface area contributed by atoms with E-state index in [1.165, 1.54) is 4.57 Å². The summed E-state index contributed by atoms with van der Waals surface area (Å²) in [5.74, 6) is -0.295. The molecule has 0 saturated heterocycles. The van der Waals surface area contributed by atoms with Crippen molar-refractivity contribution in [2.24, 2.45) is 5.73 Å². The molecule has 0 aromatic carbocycles. The highest BCUT2D eigenvalue weighted by Crippen LogP contribution is 2.19. The summed E-state index contributed by atoms with van der Waals surface area (Å²) in [5.41, 5.74) is 5.54. The number of carbonyl (C=O) groups is 1. The van der Waals surface area contributed by atoms with Gasteiger partial charge in [0.2, 0.25) is 0 Å². The Labute approximate surface area is 151 Å². The SMILES string of the molecule is CCCn1c(=O)[nH]c(=O)c2c(C(=O)NCCCCN)cc(C(C)C)nc21. The van der Waals surface area contributed by atoms with Crippen LogP contribution in [0.5, 0.6) is 0 Å². The summed E-state index contributed by atoms with van der Waals surface area (Å²) in [4.78, 5) is 44.1. The zero-order valence-corrected chi connectivity index (χ0v) is 15.6. The highest BCUT2D eigenvalue weighted by Gasteiger charge is 2.20. The number of carbonyl (C=O) groups excluding carboxylic acids is 1. The predicted molar refractivity (Wildman–Crippen MR) is 102 cm³/mol. The van der Waals surface area contributed by atoms with Gasteiger partial charge in [0.05, 0.1) is 10.9 Å². The average Bonchev–Trinajstić information content (AvgIpc) is 2.60. The van der Waals surface area contributed by atoms with Crippen molar-refractivity contribution in [1.29, 1.82) is 0 Å². The normalized spacial score (nSPS) is 11.3. The fourth-order valence-electron chi connectivity index (χ4n) is 2.77. The maximum Gasteiger partial charge on any atom is 0.329 e. The van der Waals surface area contributed by atoms with Crippen LogP contribution in [-0.4, -0.2) is 33.5 Å². The number of aromatic nitrogens is 3. The smallest absolute Gasteiger partial charge is 0.329 e. The Morgan fingerprint density at radius 1 is 1.35 bits per heavy atom. The van der Waals surface area contributed by atoms with E-state index in [4.69, 9.17) is 5.73 Å². The van der Waals surface area contributed by atoms with Crippen LogP contribution in [0.4, 0.5) is 0 Å². The van der Waals surface area contributed by atoms with Crippen molar-refractivity contribution < 1.29 is 4.79 Å². The monoisotopic (exact) mass is 361 g/mol. The lowest BCUT2D eigenvalue weighted by Crippen LogP contribution is -2.33. The van der Waals surface area contributed by atoms with Gasteiger partial charge < -0.3 is 11.1 Å². The molecule has 2 aromatic heterocycles. The van der Waals surface area contributed by atoms with Crippen LogP contribution >= 0.6 is 0 Å². The molecule has 0 fully saturated rings. The first-order chi connectivity index (χ1) is 12.4. The van der Waals surface area contributed by atoms with E-state index in [9.17, 15) is 14.4 Å². The van der Waals surface area contributed by atoms with Gasteiger partial charge in [-0.15, -0.1) is 0 Å². The third-order valence-corrected chi connectivity index (χ3v) is 4.17. The summed E-state index contributed by atoms with van der Waals surface area (Å²) in [7, 11) is 0. The highest BCUT2D eigenvalue weighted by atomic mass is 16.2. The van der Waals surface area contributed by atoms with Crippen molar-refractivity contribution in [2.75, 3.05) is 13.1 Å². The van der Waals surface area contributed by atoms with Crippen LogP contribution in [0.25, 0.3) is 11.0 Å². The standard InChI is InChI=1S/C18H27N5O3/c1-4-9-23-15-14(17(25)22-18(23)26)12(10-13(21-15)11(2)3)16(24)20-8-6-5-7-19/h10-11H,4-9,19H2,1-3H3,(H,20,24)(H,22,25,26). The third kappa shape index (κ3) is 4.19. The molecule has 0 aliphatic carbocycles. The molecule has 0 atom stereocenters. The average molecular weight is 361 g/mol. The minimum atomic E-state index is -0.590. The molecule has 0 spiro atoms. The molecule has 2 heterocycles. The van der Waals surface area contributed by atoms with E-state index >= 15 is 0 Å². The van der Waals surface area contributed by atoms with Gasteiger partial charge in [-0.05, 0) is 37.8 Å². The van der Waals surface area contributed by atoms with Crippen LogP contribution in [-0.2, 0) is 6.54 Å². The Bertz CT molecular complexity index is 898. The maximum absolute atomic E-state index is 12.7. The second-order valence-corrected chi connectivity index (χ2v) is 6.61. The summed E-state index contributed by atoms with van der Waals surface area (Å²) in [6.07, 6.45) is 2.28. The van der Waals surface area contributed by atoms with Crippen LogP contribution in [0.2, 0.25) is 0 Å². The van der Waals surface area contributed by atoms with E-state index in [1.54, 1.807) is 6.07 Å². The number of rotatable bonds is 8. The fraction of sp³-hybridized carbons (Fsp3) is 0.556. The first kappa shape index (κ1) is 19.8. The predicted octanol–water partition coefficient (Wildman–Crippen LogP) is 1.09. The van der Waals surface area contributed by atoms with Gasteiger partial charge >= 0.3 is 5.69 Å². The Kier molecular flexibility index (Phi) is 6.68. The maximum atomic E-state index is 12.7. The molecule has 142 valence electrons. The van der Waals surface area contributed by atoms with Crippen LogP contribution in [0.15, 0.2) is 15.7 Å². The molecule has 8 heteroatoms. The molecule has 1 amide bonds. The quantitative estimate of drug-likeness (QED) is 0.607. The molecule has 26 heavy (non-hydrogen) atoms. The van der Waals surface area contributed by atoms with Gasteiger partial charge in [0.15, 0.2) is 5.65 Å². The van der Waals surface area contributed by atoms with Crippen LogP contribution in [0.1, 0.15) is 62.0 Å². The minimum absolute atomic E-state index is 0.0488. The lowest BCUT2D eigenvalue weighted by Gasteiger charge is -2.14. The van der Waals surface area contributed by atoms with Gasteiger partial charge in [0.25, 0.3) is 11.5 Å². The molecule has 0 unspecified atom stereocenters. The number of nitrogens with one attached hydrogen (secondary N) is 2. The molecular weight excluding hydrogens is 334 g/mol. The molecule has 0 saturated carbocycles. The van der Waals surface area contributed by atoms with E-state index in [0.29, 0.717) is 31.7 Å². The number of nitrogens with zero attached hydrogens (tertiary/aromatic N) is 2. The molecule has 0 radical (unpaired) electrons. The first-order valence-corrected chi connectivity index (χ1v) is 9.06. The minimum Gasteiger partial charge on any atom is -0.352 e. The molecule has 0 aliphatic heterocycles. The summed E-state index contributed by atoms with van der Waals surface area (Å²) in [6, 6.07) is 1.64. The number of nitrogens with two attached hydrogens (primary N) is 1. The Morgan fingerprint density at radius 3 is 2.69 bits per heavy atom. The van der Waals surface area contributed by atoms with Crippen molar-refractivity contribution in [3.63, 3.8) is 0 Å². The van der Waals surface area contributed by atoms with E-state index in [0.717, 1.165) is 12.8 Å². The van der Waals surface area contributed by atoms with Crippen molar-refractivity contribution >= 4 is 16.9 Å². The molecule has 2 rings (SSSR count). The number of H-pyrrole nitrogens is 1. The number of unbranched alkanes of at least 4 members (excludes halogenated alkanes) is 1. The van der Waals surface area contributed by atoms with Crippen molar-refractivity contribution in [1.82, 2.24) is 19.9 Å².